The van der Waals surface area contributed by atoms with Crippen molar-refractivity contribution in [2.75, 3.05) is 26.9 Å². The second-order valence-electron chi connectivity index (χ2n) is 21.0. The molecule has 4 saturated heterocycles. The van der Waals surface area contributed by atoms with Crippen molar-refractivity contribution in [1.82, 2.24) is 0 Å². The Kier molecular flexibility index (Phi) is 20.6. The quantitative estimate of drug-likeness (QED) is 0.0181. The van der Waals surface area contributed by atoms with Crippen molar-refractivity contribution in [3.63, 3.8) is 0 Å². The summed E-state index contributed by atoms with van der Waals surface area (Å²) in [6, 6.07) is 15.1. The third-order valence-electron chi connectivity index (χ3n) is 14.8. The molecule has 0 amide bonds. The zero-order chi connectivity index (χ0) is 64.3. The first-order chi connectivity index (χ1) is 42.3. The molecule has 4 aromatic carbocycles. The minimum atomic E-state index is -2.06. The number of fused-ring (bicyclic) bond motifs is 1. The van der Waals surface area contributed by atoms with Crippen LogP contribution in [0.5, 0.6) is 51.7 Å². The molecular formula is C58H65O31+. The lowest BCUT2D eigenvalue weighted by atomic mass is 9.98. The molecule has 17 N–H and O–H groups in total. The molecule has 4 fully saturated rings. The highest BCUT2D eigenvalue weighted by Gasteiger charge is 2.51. The first-order valence-electron chi connectivity index (χ1n) is 27.3. The van der Waals surface area contributed by atoms with Gasteiger partial charge < -0.3 is 139 Å². The first-order valence-corrected chi connectivity index (χ1v) is 27.3. The van der Waals surface area contributed by atoms with Gasteiger partial charge in [-0.3, -0.25) is 0 Å². The lowest BCUT2D eigenvalue weighted by Gasteiger charge is -2.42. The average Bonchev–Trinajstić information content (AvgIpc) is 0.919. The van der Waals surface area contributed by atoms with E-state index in [1.165, 1.54) is 80.8 Å². The summed E-state index contributed by atoms with van der Waals surface area (Å²) in [5.74, 6) is -5.77. The molecule has 5 aromatic rings. The Bertz CT molecular complexity index is 3340. The number of esters is 2. The number of ether oxygens (including phenoxy) is 11. The van der Waals surface area contributed by atoms with Crippen molar-refractivity contribution in [2.24, 2.45) is 0 Å². The average molecular weight is 1260 g/mol. The summed E-state index contributed by atoms with van der Waals surface area (Å²) in [5, 5.41) is 180. The lowest BCUT2D eigenvalue weighted by molar-refractivity contribution is -0.319. The van der Waals surface area contributed by atoms with Crippen LogP contribution in [-0.4, -0.2) is 249 Å². The molecule has 0 unspecified atom stereocenters. The largest absolute Gasteiger partial charge is 0.507 e. The Morgan fingerprint density at radius 2 is 1.09 bits per heavy atom. The van der Waals surface area contributed by atoms with Gasteiger partial charge in [-0.05, 0) is 54.5 Å². The fourth-order valence-electron chi connectivity index (χ4n) is 9.80. The summed E-state index contributed by atoms with van der Waals surface area (Å²) >= 11 is 0. The van der Waals surface area contributed by atoms with Gasteiger partial charge in [0.2, 0.25) is 30.4 Å². The van der Waals surface area contributed by atoms with Gasteiger partial charge in [0.15, 0.2) is 35.4 Å². The topological polar surface area (TPSA) is 491 Å². The van der Waals surface area contributed by atoms with Gasteiger partial charge in [-0.25, -0.2) is 14.0 Å². The predicted molar refractivity (Wildman–Crippen MR) is 294 cm³/mol. The van der Waals surface area contributed by atoms with Gasteiger partial charge in [0.1, 0.15) is 115 Å². The van der Waals surface area contributed by atoms with E-state index in [2.05, 4.69) is 0 Å². The van der Waals surface area contributed by atoms with E-state index < -0.39 is 183 Å². The number of phenolic OH excluding ortho intramolecular Hbond substituents is 5. The lowest BCUT2D eigenvalue weighted by Crippen LogP contribution is -2.62. The first kappa shape index (κ1) is 65.7. The van der Waals surface area contributed by atoms with Gasteiger partial charge in [0.25, 0.3) is 0 Å². The SMILES string of the molecule is COc1cc(-c2[o+]c3cc(O)cc(O[C@@H]4O[C@H](CO)[C@@H](O)[C@H](O)[C@H]4O)c3cc2O[C@@H]2O[C@H](CO[C@@H]3O[C@@H](C)[C@H](OC(=O)/C=C/c4ccc(O[C@@H]5O[C@H](COC(=O)C=Cc6ccc(O)c(O)c6)[C@@H](O)[C@H](O)[C@H]5O)cc4)[C@@H](O)[C@H]3O)[C@@H](O)[C@H](O)[C@H]2O)cc(O)c1O. The summed E-state index contributed by atoms with van der Waals surface area (Å²) in [6.45, 7) is -0.745. The highest BCUT2D eigenvalue weighted by atomic mass is 16.7. The van der Waals surface area contributed by atoms with Crippen LogP contribution in [0, 0.1) is 0 Å². The van der Waals surface area contributed by atoms with Crippen LogP contribution >= 0.6 is 0 Å². The van der Waals surface area contributed by atoms with Gasteiger partial charge in [-0.2, -0.15) is 0 Å². The van der Waals surface area contributed by atoms with Crippen molar-refractivity contribution in [1.29, 1.82) is 0 Å². The third kappa shape index (κ3) is 14.6. The molecule has 4 aliphatic heterocycles. The van der Waals surface area contributed by atoms with Gasteiger partial charge in [0, 0.05) is 36.4 Å². The number of aromatic hydroxyl groups is 5. The minimum Gasteiger partial charge on any atom is -0.507 e. The zero-order valence-corrected chi connectivity index (χ0v) is 46.7. The number of aliphatic hydroxyl groups is 12. The molecule has 31 nitrogen and oxygen atoms in total. The number of hydrogen-bond acceptors (Lipinski definition) is 30. The molecule has 0 aliphatic carbocycles. The van der Waals surface area contributed by atoms with Gasteiger partial charge in [-0.1, -0.05) is 18.2 Å². The van der Waals surface area contributed by atoms with Crippen molar-refractivity contribution < 1.29 is 153 Å². The van der Waals surface area contributed by atoms with Crippen LogP contribution in [0.1, 0.15) is 18.1 Å². The number of rotatable bonds is 19. The zero-order valence-electron chi connectivity index (χ0n) is 46.7. The molecule has 0 bridgehead atoms. The molecule has 31 heteroatoms. The maximum absolute atomic E-state index is 13.1. The van der Waals surface area contributed by atoms with E-state index in [9.17, 15) is 96.4 Å². The van der Waals surface area contributed by atoms with E-state index in [-0.39, 0.29) is 45.3 Å². The standard InChI is InChI=1S/C58H64O31/c1-22-53(89-40(65)12-6-23-3-8-27(9-4-23)82-56-49(74)46(71)43(68)37(87-56)20-79-39(64)11-7-24-5-10-29(61)30(62)13-24)48(73)52(77)55(81-22)80-21-38-44(69)47(72)51(76)58(88-38)85-35-18-28-32(83-54(35)25-14-31(63)41(66)34(15-25)78-2)16-26(60)17-33(28)84-57-50(75)45(70)42(67)36(19-59)86-57/h3-18,22,36-38,42-53,55-59,67-77H,19-21H2,1-2H3,(H4-,60,61,62,63,64,66)/p+1/b12-6+/t22-,36+,37+,38+,42+,43+,44+,45-,46-,47-,48-,49+,50+,51+,52+,53-,55+,56+,57+,58+/m0/s1. The van der Waals surface area contributed by atoms with Crippen molar-refractivity contribution in [2.45, 2.75) is 130 Å². The molecule has 0 spiro atoms. The minimum absolute atomic E-state index is 0.0757. The summed E-state index contributed by atoms with van der Waals surface area (Å²) in [4.78, 5) is 25.4. The number of phenols is 5. The predicted octanol–water partition coefficient (Wildman–Crippen LogP) is -2.17. The Morgan fingerprint density at radius 1 is 0.528 bits per heavy atom. The maximum atomic E-state index is 13.1. The molecular weight excluding hydrogens is 1190 g/mol. The van der Waals surface area contributed by atoms with Crippen molar-refractivity contribution >= 4 is 35.1 Å². The van der Waals surface area contributed by atoms with Crippen LogP contribution < -0.4 is 18.9 Å². The van der Waals surface area contributed by atoms with Crippen LogP contribution in [0.3, 0.4) is 0 Å². The molecule has 0 saturated carbocycles. The van der Waals surface area contributed by atoms with Crippen LogP contribution in [0.15, 0.2) is 89.4 Å². The molecule has 1 aromatic heterocycles. The van der Waals surface area contributed by atoms with Gasteiger partial charge in [0.05, 0.1) is 38.1 Å². The fourth-order valence-corrected chi connectivity index (χ4v) is 9.80. The summed E-state index contributed by atoms with van der Waals surface area (Å²) in [5.41, 5.74) is 0.481. The molecule has 5 heterocycles. The molecule has 0 radical (unpaired) electrons. The van der Waals surface area contributed by atoms with Gasteiger partial charge in [-0.15, -0.1) is 0 Å². The van der Waals surface area contributed by atoms with Gasteiger partial charge >= 0.3 is 23.3 Å². The molecule has 20 atom stereocenters. The summed E-state index contributed by atoms with van der Waals surface area (Å²) in [6.07, 6.45) is -30.0. The Labute approximate surface area is 502 Å². The van der Waals surface area contributed by atoms with E-state index in [0.717, 1.165) is 30.4 Å². The molecule has 4 aliphatic rings. The number of benzene rings is 4. The van der Waals surface area contributed by atoms with E-state index in [4.69, 9.17) is 56.5 Å². The molecule has 482 valence electrons. The third-order valence-corrected chi connectivity index (χ3v) is 14.8. The molecule has 89 heavy (non-hydrogen) atoms. The van der Waals surface area contributed by atoms with Crippen molar-refractivity contribution in [3.05, 3.63) is 96.1 Å². The highest BCUT2D eigenvalue weighted by molar-refractivity contribution is 5.90. The highest BCUT2D eigenvalue weighted by Crippen LogP contribution is 2.46. The van der Waals surface area contributed by atoms with Crippen LogP contribution in [0.4, 0.5) is 0 Å². The second kappa shape index (κ2) is 28.0. The monoisotopic (exact) mass is 1260 g/mol. The van der Waals surface area contributed by atoms with E-state index in [1.54, 1.807) is 0 Å². The normalized spacial score (nSPS) is 32.4. The van der Waals surface area contributed by atoms with E-state index in [0.29, 0.717) is 11.1 Å². The second-order valence-corrected chi connectivity index (χ2v) is 21.0. The van der Waals surface area contributed by atoms with Crippen LogP contribution in [-0.2, 0) is 42.7 Å². The fraction of sp³-hybridized carbons (Fsp3) is 0.431. The Balaban J connectivity index is 0.818. The summed E-state index contributed by atoms with van der Waals surface area (Å²) < 4.78 is 68.2. The Hall–Kier alpha value is -7.77. The van der Waals surface area contributed by atoms with Crippen LogP contribution in [0.2, 0.25) is 0 Å². The van der Waals surface area contributed by atoms with E-state index >= 15 is 0 Å². The molecule has 9 rings (SSSR count). The van der Waals surface area contributed by atoms with E-state index in [1.807, 2.05) is 0 Å². The smallest absolute Gasteiger partial charge is 0.402 e. The number of methoxy groups -OCH3 is 1. The van der Waals surface area contributed by atoms with Crippen LogP contribution in [0.25, 0.3) is 34.4 Å². The summed E-state index contributed by atoms with van der Waals surface area (Å²) in [7, 11) is 1.18. The number of carbonyl (C=O) groups excluding carboxylic acids is 2. The number of aliphatic hydroxyl groups excluding tert-OH is 12. The maximum Gasteiger partial charge on any atom is 0.402 e. The number of hydrogen-bond donors (Lipinski definition) is 17. The van der Waals surface area contributed by atoms with Crippen molar-refractivity contribution in [3.8, 4) is 63.1 Å². The number of carbonyl (C=O) groups is 2. The Morgan fingerprint density at radius 3 is 1.72 bits per heavy atom.